The lowest BCUT2D eigenvalue weighted by Crippen LogP contribution is -2.35. The molecular weight excluding hydrogens is 164 g/mol. The molecule has 1 aliphatic carbocycles. The minimum atomic E-state index is -0.934. The van der Waals surface area contributed by atoms with E-state index in [-0.39, 0.29) is 0 Å². The van der Waals surface area contributed by atoms with Crippen LogP contribution in [0.5, 0.6) is 0 Å². The summed E-state index contributed by atoms with van der Waals surface area (Å²) in [4.78, 5) is 10.9. The van der Waals surface area contributed by atoms with Crippen molar-refractivity contribution in [2.45, 2.75) is 25.2 Å². The number of benzene rings is 1. The van der Waals surface area contributed by atoms with Crippen molar-refractivity contribution in [3.63, 3.8) is 0 Å². The summed E-state index contributed by atoms with van der Waals surface area (Å²) < 4.78 is 0. The fourth-order valence-electron chi connectivity index (χ4n) is 1.61. The molecule has 0 aromatic heterocycles. The van der Waals surface area contributed by atoms with Crippen LogP contribution in [0.25, 0.3) is 0 Å². The quantitative estimate of drug-likeness (QED) is 0.666. The molecule has 68 valence electrons. The molecule has 13 heavy (non-hydrogen) atoms. The molecule has 0 unspecified atom stereocenters. The van der Waals surface area contributed by atoms with Crippen molar-refractivity contribution in [2.75, 3.05) is 0 Å². The standard InChI is InChI=1S/C11H12O2/c1-8-2-4-9(5-3-8)11(6-7-11)10(12)13/h2-5H,6-7H2,1H3,(H,12,13)/p-1. The molecule has 1 aromatic rings. The van der Waals surface area contributed by atoms with Gasteiger partial charge in [-0.3, -0.25) is 0 Å². The molecule has 0 N–H and O–H groups in total. The summed E-state index contributed by atoms with van der Waals surface area (Å²) in [6, 6.07) is 7.66. The molecule has 0 amide bonds. The molecule has 1 saturated carbocycles. The second kappa shape index (κ2) is 2.59. The van der Waals surface area contributed by atoms with E-state index in [2.05, 4.69) is 0 Å². The molecule has 2 heteroatoms. The highest BCUT2D eigenvalue weighted by Crippen LogP contribution is 2.47. The third-order valence-corrected chi connectivity index (χ3v) is 2.74. The van der Waals surface area contributed by atoms with Crippen LogP contribution < -0.4 is 5.11 Å². The van der Waals surface area contributed by atoms with Crippen molar-refractivity contribution in [3.05, 3.63) is 35.4 Å². The van der Waals surface area contributed by atoms with Crippen LogP contribution in [0.3, 0.4) is 0 Å². The smallest absolute Gasteiger partial charge is 0.0520 e. The molecule has 1 fully saturated rings. The minimum Gasteiger partial charge on any atom is -0.549 e. The number of aliphatic carboxylic acids is 1. The van der Waals surface area contributed by atoms with E-state index in [1.807, 2.05) is 31.2 Å². The second-order valence-corrected chi connectivity index (χ2v) is 3.74. The number of carboxylic acid groups (broad SMARTS) is 1. The number of carbonyl (C=O) groups is 1. The lowest BCUT2D eigenvalue weighted by atomic mass is 9.95. The summed E-state index contributed by atoms with van der Waals surface area (Å²) in [5.41, 5.74) is 1.38. The SMILES string of the molecule is Cc1ccc(C2(C(=O)[O-])CC2)cc1. The Morgan fingerprint density at radius 1 is 1.31 bits per heavy atom. The average Bonchev–Trinajstić information content (AvgIpc) is 2.86. The Bertz CT molecular complexity index is 334. The molecule has 0 atom stereocenters. The van der Waals surface area contributed by atoms with Gasteiger partial charge in [0.15, 0.2) is 0 Å². The number of hydrogen-bond donors (Lipinski definition) is 0. The molecule has 1 aliphatic rings. The zero-order valence-corrected chi connectivity index (χ0v) is 7.54. The van der Waals surface area contributed by atoms with E-state index in [1.165, 1.54) is 0 Å². The van der Waals surface area contributed by atoms with Crippen molar-refractivity contribution in [1.82, 2.24) is 0 Å². The topological polar surface area (TPSA) is 40.1 Å². The van der Waals surface area contributed by atoms with Crippen LogP contribution in [0, 0.1) is 6.92 Å². The van der Waals surface area contributed by atoms with Gasteiger partial charge < -0.3 is 9.90 Å². The zero-order valence-electron chi connectivity index (χ0n) is 7.54. The van der Waals surface area contributed by atoms with Gasteiger partial charge in [-0.1, -0.05) is 29.8 Å². The van der Waals surface area contributed by atoms with E-state index >= 15 is 0 Å². The molecule has 0 bridgehead atoms. The maximum Gasteiger partial charge on any atom is 0.0520 e. The molecule has 0 spiro atoms. The monoisotopic (exact) mass is 175 g/mol. The van der Waals surface area contributed by atoms with Gasteiger partial charge in [-0.15, -0.1) is 0 Å². The van der Waals surface area contributed by atoms with Gasteiger partial charge in [0.25, 0.3) is 0 Å². The Hall–Kier alpha value is -1.31. The maximum absolute atomic E-state index is 10.9. The minimum absolute atomic E-state index is 0.659. The number of hydrogen-bond acceptors (Lipinski definition) is 2. The normalized spacial score (nSPS) is 18.2. The summed E-state index contributed by atoms with van der Waals surface area (Å²) in [7, 11) is 0. The maximum atomic E-state index is 10.9. The Balaban J connectivity index is 2.36. The third kappa shape index (κ3) is 1.22. The van der Waals surface area contributed by atoms with Crippen LogP contribution in [0.2, 0.25) is 0 Å². The van der Waals surface area contributed by atoms with Gasteiger partial charge in [-0.25, -0.2) is 0 Å². The van der Waals surface area contributed by atoms with Crippen molar-refractivity contribution in [3.8, 4) is 0 Å². The fraction of sp³-hybridized carbons (Fsp3) is 0.364. The van der Waals surface area contributed by atoms with E-state index in [9.17, 15) is 9.90 Å². The van der Waals surface area contributed by atoms with Crippen LogP contribution in [-0.4, -0.2) is 5.97 Å². The number of rotatable bonds is 2. The first-order valence-corrected chi connectivity index (χ1v) is 4.44. The van der Waals surface area contributed by atoms with E-state index in [4.69, 9.17) is 0 Å². The van der Waals surface area contributed by atoms with Crippen LogP contribution in [0.4, 0.5) is 0 Å². The molecule has 0 heterocycles. The van der Waals surface area contributed by atoms with Gasteiger partial charge in [0, 0.05) is 5.41 Å². The Morgan fingerprint density at radius 3 is 2.23 bits per heavy atom. The van der Waals surface area contributed by atoms with Gasteiger partial charge in [0.1, 0.15) is 0 Å². The zero-order chi connectivity index (χ0) is 9.47. The Labute approximate surface area is 77.2 Å². The predicted molar refractivity (Wildman–Crippen MR) is 47.1 cm³/mol. The molecule has 2 nitrogen and oxygen atoms in total. The van der Waals surface area contributed by atoms with E-state index in [0.29, 0.717) is 0 Å². The first-order chi connectivity index (χ1) is 6.15. The van der Waals surface area contributed by atoms with Gasteiger partial charge in [0.2, 0.25) is 0 Å². The van der Waals surface area contributed by atoms with Crippen LogP contribution >= 0.6 is 0 Å². The average molecular weight is 175 g/mol. The van der Waals surface area contributed by atoms with E-state index < -0.39 is 11.4 Å². The predicted octanol–water partition coefficient (Wildman–Crippen LogP) is 0.777. The number of aryl methyl sites for hydroxylation is 1. The fourth-order valence-corrected chi connectivity index (χ4v) is 1.61. The van der Waals surface area contributed by atoms with Crippen molar-refractivity contribution < 1.29 is 9.90 Å². The van der Waals surface area contributed by atoms with Gasteiger partial charge in [0.05, 0.1) is 5.97 Å². The first kappa shape index (κ1) is 8.30. The number of carboxylic acids is 1. The van der Waals surface area contributed by atoms with E-state index in [1.54, 1.807) is 0 Å². The molecule has 2 rings (SSSR count). The van der Waals surface area contributed by atoms with Crippen LogP contribution in [-0.2, 0) is 10.2 Å². The highest BCUT2D eigenvalue weighted by Gasteiger charge is 2.45. The highest BCUT2D eigenvalue weighted by molar-refractivity contribution is 5.83. The summed E-state index contributed by atoms with van der Waals surface area (Å²) >= 11 is 0. The molecule has 1 aromatic carbocycles. The lowest BCUT2D eigenvalue weighted by molar-refractivity contribution is -0.309. The Morgan fingerprint density at radius 2 is 1.85 bits per heavy atom. The molecule has 0 radical (unpaired) electrons. The van der Waals surface area contributed by atoms with Crippen LogP contribution in [0.1, 0.15) is 24.0 Å². The second-order valence-electron chi connectivity index (χ2n) is 3.74. The molecule has 0 saturated heterocycles. The molecule has 0 aliphatic heterocycles. The largest absolute Gasteiger partial charge is 0.549 e. The highest BCUT2D eigenvalue weighted by atomic mass is 16.4. The van der Waals surface area contributed by atoms with Gasteiger partial charge >= 0.3 is 0 Å². The van der Waals surface area contributed by atoms with Crippen molar-refractivity contribution >= 4 is 5.97 Å². The van der Waals surface area contributed by atoms with Crippen molar-refractivity contribution in [1.29, 1.82) is 0 Å². The third-order valence-electron chi connectivity index (χ3n) is 2.74. The summed E-state index contributed by atoms with van der Waals surface area (Å²) in [6.45, 7) is 1.99. The molecular formula is C11H11O2-. The van der Waals surface area contributed by atoms with Gasteiger partial charge in [-0.2, -0.15) is 0 Å². The first-order valence-electron chi connectivity index (χ1n) is 4.44. The summed E-state index contributed by atoms with van der Waals surface area (Å²) in [6.07, 6.45) is 1.44. The van der Waals surface area contributed by atoms with Crippen LogP contribution in [0.15, 0.2) is 24.3 Å². The summed E-state index contributed by atoms with van der Waals surface area (Å²) in [5, 5.41) is 10.9. The number of carbonyl (C=O) groups excluding carboxylic acids is 1. The van der Waals surface area contributed by atoms with Crippen molar-refractivity contribution in [2.24, 2.45) is 0 Å². The van der Waals surface area contributed by atoms with Gasteiger partial charge in [-0.05, 0) is 25.3 Å². The lowest BCUT2D eigenvalue weighted by Gasteiger charge is -2.16. The van der Waals surface area contributed by atoms with E-state index in [0.717, 1.165) is 24.0 Å². The summed E-state index contributed by atoms with van der Waals surface area (Å²) in [5.74, 6) is -0.934. The Kier molecular flexibility index (Phi) is 1.65.